The Balaban J connectivity index is 1.68. The number of benzene rings is 1. The Bertz CT molecular complexity index is 1050. The maximum Gasteiger partial charge on any atom is 0.278 e. The van der Waals surface area contributed by atoms with Gasteiger partial charge >= 0.3 is 0 Å². The van der Waals surface area contributed by atoms with Gasteiger partial charge in [-0.3, -0.25) is 14.9 Å². The van der Waals surface area contributed by atoms with E-state index in [0.717, 1.165) is 44.2 Å². The zero-order chi connectivity index (χ0) is 19.5. The number of nitrogens with one attached hydrogen (secondary N) is 1. The molecule has 0 fully saturated rings. The molecule has 0 radical (unpaired) electrons. The minimum atomic E-state index is -0.313. The van der Waals surface area contributed by atoms with Crippen molar-refractivity contribution in [2.24, 2.45) is 0 Å². The molecule has 7 heteroatoms. The van der Waals surface area contributed by atoms with Gasteiger partial charge in [0, 0.05) is 16.8 Å². The summed E-state index contributed by atoms with van der Waals surface area (Å²) in [5, 5.41) is 9.06. The van der Waals surface area contributed by atoms with Gasteiger partial charge in [0.2, 0.25) is 0 Å². The minimum absolute atomic E-state index is 0.145. The summed E-state index contributed by atoms with van der Waals surface area (Å²) in [6.07, 6.45) is 7.29. The molecule has 0 unspecified atom stereocenters. The Kier molecular flexibility index (Phi) is 5.52. The number of carbonyl (C=O) groups is 1. The van der Waals surface area contributed by atoms with Gasteiger partial charge in [-0.25, -0.2) is 9.67 Å². The molecule has 0 atom stereocenters. The molecule has 28 heavy (non-hydrogen) atoms. The summed E-state index contributed by atoms with van der Waals surface area (Å²) in [6, 6.07) is 7.18. The Morgan fingerprint density at radius 3 is 2.75 bits per heavy atom. The standard InChI is InChI=1S/C21H24N4O2S/c1-2-3-8-13-25-20(27)15-10-5-4-9-14(15)18(24-25)19(26)23-21-22-16-11-6-7-12-17(16)28-21/h4-5,9-10H,2-3,6-8,11-13H2,1H3,(H,22,23,26). The zero-order valence-corrected chi connectivity index (χ0v) is 16.8. The van der Waals surface area contributed by atoms with E-state index >= 15 is 0 Å². The fourth-order valence-corrected chi connectivity index (χ4v) is 4.67. The number of unbranched alkanes of at least 4 members (excludes halogenated alkanes) is 2. The summed E-state index contributed by atoms with van der Waals surface area (Å²) in [5.74, 6) is -0.313. The summed E-state index contributed by atoms with van der Waals surface area (Å²) < 4.78 is 1.43. The van der Waals surface area contributed by atoms with Crippen LogP contribution in [0.25, 0.3) is 10.8 Å². The molecule has 2 heterocycles. The van der Waals surface area contributed by atoms with Gasteiger partial charge in [0.25, 0.3) is 11.5 Å². The molecule has 0 bridgehead atoms. The number of carbonyl (C=O) groups excluding carboxylic acids is 1. The third-order valence-corrected chi connectivity index (χ3v) is 6.20. The van der Waals surface area contributed by atoms with Gasteiger partial charge in [0.1, 0.15) is 0 Å². The van der Waals surface area contributed by atoms with Crippen LogP contribution in [0.15, 0.2) is 29.1 Å². The molecule has 4 rings (SSSR count). The minimum Gasteiger partial charge on any atom is -0.296 e. The zero-order valence-electron chi connectivity index (χ0n) is 16.0. The second-order valence-electron chi connectivity index (χ2n) is 7.18. The predicted molar refractivity (Wildman–Crippen MR) is 112 cm³/mol. The highest BCUT2D eigenvalue weighted by Crippen LogP contribution is 2.30. The van der Waals surface area contributed by atoms with E-state index in [1.165, 1.54) is 16.0 Å². The molecule has 3 aromatic rings. The monoisotopic (exact) mass is 396 g/mol. The molecular weight excluding hydrogens is 372 g/mol. The number of nitrogens with zero attached hydrogens (tertiary/aromatic N) is 3. The normalized spacial score (nSPS) is 13.5. The summed E-state index contributed by atoms with van der Waals surface area (Å²) in [6.45, 7) is 2.63. The van der Waals surface area contributed by atoms with E-state index in [0.29, 0.717) is 22.4 Å². The number of anilines is 1. The first-order valence-corrected chi connectivity index (χ1v) is 10.8. The first-order chi connectivity index (χ1) is 13.7. The van der Waals surface area contributed by atoms with Crippen molar-refractivity contribution in [3.8, 4) is 0 Å². The quantitative estimate of drug-likeness (QED) is 0.634. The number of thiazole rings is 1. The van der Waals surface area contributed by atoms with Crippen LogP contribution in [0.3, 0.4) is 0 Å². The van der Waals surface area contributed by atoms with Crippen LogP contribution in [-0.4, -0.2) is 20.7 Å². The predicted octanol–water partition coefficient (Wildman–Crippen LogP) is 4.17. The lowest BCUT2D eigenvalue weighted by Gasteiger charge is -2.10. The molecule has 0 aliphatic heterocycles. The highest BCUT2D eigenvalue weighted by Gasteiger charge is 2.20. The first kappa shape index (κ1) is 18.8. The van der Waals surface area contributed by atoms with E-state index in [4.69, 9.17) is 0 Å². The van der Waals surface area contributed by atoms with Gasteiger partial charge in [-0.05, 0) is 38.2 Å². The van der Waals surface area contributed by atoms with E-state index in [1.807, 2.05) is 12.1 Å². The van der Waals surface area contributed by atoms with Crippen LogP contribution >= 0.6 is 11.3 Å². The molecule has 1 aliphatic rings. The van der Waals surface area contributed by atoms with Crippen LogP contribution in [0, 0.1) is 0 Å². The lowest BCUT2D eigenvalue weighted by molar-refractivity contribution is 0.102. The third-order valence-electron chi connectivity index (χ3n) is 5.12. The van der Waals surface area contributed by atoms with Crippen molar-refractivity contribution in [2.45, 2.75) is 58.4 Å². The van der Waals surface area contributed by atoms with Crippen molar-refractivity contribution in [1.82, 2.24) is 14.8 Å². The van der Waals surface area contributed by atoms with Crippen LogP contribution in [0.5, 0.6) is 0 Å². The second kappa shape index (κ2) is 8.22. The van der Waals surface area contributed by atoms with Crippen LogP contribution < -0.4 is 10.9 Å². The average molecular weight is 397 g/mol. The van der Waals surface area contributed by atoms with Crippen molar-refractivity contribution in [3.63, 3.8) is 0 Å². The number of rotatable bonds is 6. The van der Waals surface area contributed by atoms with Gasteiger partial charge in [-0.2, -0.15) is 5.10 Å². The van der Waals surface area contributed by atoms with Gasteiger partial charge in [-0.1, -0.05) is 38.0 Å². The Labute approximate surface area is 167 Å². The van der Waals surface area contributed by atoms with Crippen molar-refractivity contribution in [3.05, 3.63) is 50.9 Å². The lowest BCUT2D eigenvalue weighted by Crippen LogP contribution is -2.27. The Hall–Kier alpha value is -2.54. The molecule has 146 valence electrons. The van der Waals surface area contributed by atoms with Gasteiger partial charge in [-0.15, -0.1) is 11.3 Å². The number of aromatic nitrogens is 3. The molecule has 1 aromatic carbocycles. The molecule has 6 nitrogen and oxygen atoms in total. The van der Waals surface area contributed by atoms with Crippen LogP contribution in [-0.2, 0) is 19.4 Å². The number of hydrogen-bond acceptors (Lipinski definition) is 5. The second-order valence-corrected chi connectivity index (χ2v) is 8.26. The molecule has 1 amide bonds. The number of hydrogen-bond donors (Lipinski definition) is 1. The van der Waals surface area contributed by atoms with E-state index < -0.39 is 0 Å². The maximum atomic E-state index is 13.0. The molecule has 0 saturated carbocycles. The average Bonchev–Trinajstić information content (AvgIpc) is 3.12. The summed E-state index contributed by atoms with van der Waals surface area (Å²) in [4.78, 5) is 31.6. The van der Waals surface area contributed by atoms with Gasteiger partial charge in [0.15, 0.2) is 10.8 Å². The highest BCUT2D eigenvalue weighted by atomic mass is 32.1. The van der Waals surface area contributed by atoms with Crippen LogP contribution in [0.2, 0.25) is 0 Å². The SMILES string of the molecule is CCCCCn1nc(C(=O)Nc2nc3c(s2)CCCC3)c2ccccc2c1=O. The lowest BCUT2D eigenvalue weighted by atomic mass is 10.0. The van der Waals surface area contributed by atoms with Crippen molar-refractivity contribution < 1.29 is 4.79 Å². The molecular formula is C21H24N4O2S. The summed E-state index contributed by atoms with van der Waals surface area (Å²) in [5.41, 5.74) is 1.24. The Morgan fingerprint density at radius 2 is 1.96 bits per heavy atom. The number of amides is 1. The molecule has 0 saturated heterocycles. The van der Waals surface area contributed by atoms with Crippen molar-refractivity contribution >= 4 is 33.1 Å². The van der Waals surface area contributed by atoms with E-state index in [1.54, 1.807) is 23.5 Å². The molecule has 1 N–H and O–H groups in total. The molecule has 0 spiro atoms. The number of aryl methyl sites for hydroxylation is 3. The van der Waals surface area contributed by atoms with Crippen molar-refractivity contribution in [1.29, 1.82) is 0 Å². The third kappa shape index (κ3) is 3.71. The molecule has 2 aromatic heterocycles. The highest BCUT2D eigenvalue weighted by molar-refractivity contribution is 7.15. The topological polar surface area (TPSA) is 76.9 Å². The Morgan fingerprint density at radius 1 is 1.18 bits per heavy atom. The van der Waals surface area contributed by atoms with Gasteiger partial charge < -0.3 is 0 Å². The smallest absolute Gasteiger partial charge is 0.278 e. The van der Waals surface area contributed by atoms with E-state index in [-0.39, 0.29) is 17.2 Å². The van der Waals surface area contributed by atoms with Gasteiger partial charge in [0.05, 0.1) is 11.1 Å². The van der Waals surface area contributed by atoms with Crippen molar-refractivity contribution in [2.75, 3.05) is 5.32 Å². The largest absolute Gasteiger partial charge is 0.296 e. The maximum absolute atomic E-state index is 13.0. The molecule has 1 aliphatic carbocycles. The van der Waals surface area contributed by atoms with E-state index in [9.17, 15) is 9.59 Å². The fourth-order valence-electron chi connectivity index (χ4n) is 3.63. The summed E-state index contributed by atoms with van der Waals surface area (Å²) >= 11 is 1.55. The summed E-state index contributed by atoms with van der Waals surface area (Å²) in [7, 11) is 0. The van der Waals surface area contributed by atoms with Crippen LogP contribution in [0.1, 0.15) is 60.1 Å². The van der Waals surface area contributed by atoms with Crippen LogP contribution in [0.4, 0.5) is 5.13 Å². The fraction of sp³-hybridized carbons (Fsp3) is 0.429. The van der Waals surface area contributed by atoms with E-state index in [2.05, 4.69) is 22.3 Å². The first-order valence-electron chi connectivity index (χ1n) is 9.97. The number of fused-ring (bicyclic) bond motifs is 2.